The normalized spacial score (nSPS) is 10.6. The monoisotopic (exact) mass is 493 g/mol. The summed E-state index contributed by atoms with van der Waals surface area (Å²) in [5.41, 5.74) is 1.60. The van der Waals surface area contributed by atoms with Crippen LogP contribution in [0.1, 0.15) is 15.9 Å². The van der Waals surface area contributed by atoms with Crippen molar-refractivity contribution in [1.82, 2.24) is 5.32 Å². The van der Waals surface area contributed by atoms with Crippen molar-refractivity contribution in [3.63, 3.8) is 0 Å². The van der Waals surface area contributed by atoms with Crippen molar-refractivity contribution >= 4 is 57.2 Å². The molecular weight excluding hydrogens is 478 g/mol. The molecule has 34 heavy (non-hydrogen) atoms. The maximum absolute atomic E-state index is 12.4. The Hall–Kier alpha value is -4.08. The zero-order valence-corrected chi connectivity index (χ0v) is 19.2. The van der Waals surface area contributed by atoms with Crippen LogP contribution < -0.4 is 16.3 Å². The first-order valence-corrected chi connectivity index (χ1v) is 10.7. The number of nitrogens with one attached hydrogen (secondary N) is 2. The fraction of sp³-hybridized carbons (Fsp3) is 0.0417. The summed E-state index contributed by atoms with van der Waals surface area (Å²) in [6, 6.07) is 17.9. The number of hydrogen-bond donors (Lipinski definition) is 2. The van der Waals surface area contributed by atoms with E-state index in [2.05, 4.69) is 10.6 Å². The third-order valence-electron chi connectivity index (χ3n) is 5.05. The van der Waals surface area contributed by atoms with Crippen LogP contribution in [0.2, 0.25) is 5.02 Å². The summed E-state index contributed by atoms with van der Waals surface area (Å²) < 4.78 is 5.37. The van der Waals surface area contributed by atoms with Gasteiger partial charge in [0.25, 0.3) is 11.6 Å². The summed E-state index contributed by atoms with van der Waals surface area (Å²) in [6.45, 7) is 1.58. The number of anilines is 1. The van der Waals surface area contributed by atoms with Gasteiger partial charge in [-0.2, -0.15) is 0 Å². The van der Waals surface area contributed by atoms with Crippen LogP contribution in [-0.2, 0) is 0 Å². The molecule has 170 valence electrons. The van der Waals surface area contributed by atoms with Crippen LogP contribution >= 0.6 is 23.8 Å². The van der Waals surface area contributed by atoms with Crippen molar-refractivity contribution < 1.29 is 14.1 Å². The Balaban J connectivity index is 1.51. The van der Waals surface area contributed by atoms with E-state index in [0.717, 1.165) is 5.39 Å². The number of carbonyl (C=O) groups excluding carboxylic acids is 1. The molecule has 0 bridgehead atoms. The number of carbonyl (C=O) groups is 1. The van der Waals surface area contributed by atoms with E-state index in [9.17, 15) is 19.7 Å². The minimum atomic E-state index is -0.600. The standard InChI is InChI=1S/C24H16ClN3O5S/c1-13-6-7-15(11-20(13)28(31)32)22(29)27-24(34)26-16-8-9-17(19(25)12-16)18-10-14-4-2-3-5-21(14)33-23(18)30/h2-12H,1H3,(H2,26,27,29,34). The summed E-state index contributed by atoms with van der Waals surface area (Å²) >= 11 is 11.6. The van der Waals surface area contributed by atoms with Crippen molar-refractivity contribution in [3.8, 4) is 11.1 Å². The molecule has 0 radical (unpaired) electrons. The van der Waals surface area contributed by atoms with Crippen molar-refractivity contribution in [2.45, 2.75) is 6.92 Å². The summed E-state index contributed by atoms with van der Waals surface area (Å²) in [4.78, 5) is 35.4. The molecule has 0 aliphatic rings. The number of halogens is 1. The molecule has 4 aromatic rings. The van der Waals surface area contributed by atoms with Crippen LogP contribution in [0.25, 0.3) is 22.1 Å². The first-order chi connectivity index (χ1) is 16.2. The van der Waals surface area contributed by atoms with Crippen LogP contribution in [0.15, 0.2) is 75.9 Å². The Labute approximate surface area is 203 Å². The quantitative estimate of drug-likeness (QED) is 0.168. The number of amides is 1. The first kappa shape index (κ1) is 23.1. The molecular formula is C24H16ClN3O5S. The largest absolute Gasteiger partial charge is 0.422 e. The van der Waals surface area contributed by atoms with Gasteiger partial charge < -0.3 is 9.73 Å². The van der Waals surface area contributed by atoms with Crippen molar-refractivity contribution in [1.29, 1.82) is 0 Å². The summed E-state index contributed by atoms with van der Waals surface area (Å²) in [7, 11) is 0. The summed E-state index contributed by atoms with van der Waals surface area (Å²) in [6.07, 6.45) is 0. The van der Waals surface area contributed by atoms with Gasteiger partial charge in [0, 0.05) is 33.8 Å². The topological polar surface area (TPSA) is 114 Å². The lowest BCUT2D eigenvalue weighted by Crippen LogP contribution is -2.34. The van der Waals surface area contributed by atoms with Gasteiger partial charge >= 0.3 is 5.63 Å². The van der Waals surface area contributed by atoms with E-state index < -0.39 is 16.5 Å². The number of rotatable bonds is 4. The Kier molecular flexibility index (Phi) is 6.40. The molecule has 0 unspecified atom stereocenters. The molecule has 0 aliphatic heterocycles. The minimum absolute atomic E-state index is 0.0257. The SMILES string of the molecule is Cc1ccc(C(=O)NC(=S)Nc2ccc(-c3cc4ccccc4oc3=O)c(Cl)c2)cc1[N+](=O)[O-]. The number of nitro groups is 1. The summed E-state index contributed by atoms with van der Waals surface area (Å²) in [5, 5.41) is 17.4. The van der Waals surface area contributed by atoms with Gasteiger partial charge in [-0.05, 0) is 49.5 Å². The lowest BCUT2D eigenvalue weighted by atomic mass is 10.1. The highest BCUT2D eigenvalue weighted by Crippen LogP contribution is 2.30. The fourth-order valence-electron chi connectivity index (χ4n) is 3.35. The highest BCUT2D eigenvalue weighted by molar-refractivity contribution is 7.80. The number of aryl methyl sites for hydroxylation is 1. The Morgan fingerprint density at radius 3 is 2.56 bits per heavy atom. The molecule has 0 aliphatic carbocycles. The molecule has 10 heteroatoms. The maximum Gasteiger partial charge on any atom is 0.344 e. The van der Waals surface area contributed by atoms with Gasteiger partial charge in [0.05, 0.1) is 15.5 Å². The van der Waals surface area contributed by atoms with Crippen LogP contribution in [0.4, 0.5) is 11.4 Å². The number of fused-ring (bicyclic) bond motifs is 1. The summed E-state index contributed by atoms with van der Waals surface area (Å²) in [5.74, 6) is -0.600. The third-order valence-corrected chi connectivity index (χ3v) is 5.57. The lowest BCUT2D eigenvalue weighted by Gasteiger charge is -2.12. The molecule has 8 nitrogen and oxygen atoms in total. The highest BCUT2D eigenvalue weighted by Gasteiger charge is 2.16. The fourth-order valence-corrected chi connectivity index (χ4v) is 3.84. The molecule has 2 N–H and O–H groups in total. The first-order valence-electron chi connectivity index (χ1n) is 9.93. The van der Waals surface area contributed by atoms with Gasteiger partial charge in [0.1, 0.15) is 5.58 Å². The van der Waals surface area contributed by atoms with Crippen LogP contribution in [0.5, 0.6) is 0 Å². The molecule has 0 atom stereocenters. The minimum Gasteiger partial charge on any atom is -0.422 e. The van der Waals surface area contributed by atoms with Crippen molar-refractivity contribution in [2.75, 3.05) is 5.32 Å². The zero-order chi connectivity index (χ0) is 24.4. The molecule has 3 aromatic carbocycles. The van der Waals surface area contributed by atoms with Crippen LogP contribution in [0, 0.1) is 17.0 Å². The molecule has 4 rings (SSSR count). The molecule has 0 fully saturated rings. The zero-order valence-electron chi connectivity index (χ0n) is 17.6. The number of hydrogen-bond acceptors (Lipinski definition) is 6. The van der Waals surface area contributed by atoms with E-state index >= 15 is 0 Å². The molecule has 1 heterocycles. The Morgan fingerprint density at radius 2 is 1.82 bits per heavy atom. The van der Waals surface area contributed by atoms with Gasteiger partial charge in [0.15, 0.2) is 5.11 Å². The average molecular weight is 494 g/mol. The third kappa shape index (κ3) is 4.80. The van der Waals surface area contributed by atoms with Gasteiger partial charge in [0.2, 0.25) is 0 Å². The Bertz CT molecular complexity index is 1530. The second-order valence-corrected chi connectivity index (χ2v) is 8.16. The second kappa shape index (κ2) is 9.42. The average Bonchev–Trinajstić information content (AvgIpc) is 2.79. The van der Waals surface area contributed by atoms with Crippen molar-refractivity contribution in [2.24, 2.45) is 0 Å². The molecule has 1 amide bonds. The van der Waals surface area contributed by atoms with E-state index in [1.807, 2.05) is 12.1 Å². The molecule has 0 spiro atoms. The van der Waals surface area contributed by atoms with Gasteiger partial charge in [-0.1, -0.05) is 41.9 Å². The maximum atomic E-state index is 12.4. The van der Waals surface area contributed by atoms with Crippen LogP contribution in [-0.4, -0.2) is 15.9 Å². The van der Waals surface area contributed by atoms with Crippen molar-refractivity contribution in [3.05, 3.63) is 103 Å². The molecule has 0 saturated heterocycles. The Morgan fingerprint density at radius 1 is 1.06 bits per heavy atom. The van der Waals surface area contributed by atoms with Gasteiger partial charge in [-0.25, -0.2) is 4.79 Å². The smallest absolute Gasteiger partial charge is 0.344 e. The molecule has 0 saturated carbocycles. The number of thiocarbonyl (C=S) groups is 1. The van der Waals surface area contributed by atoms with E-state index in [0.29, 0.717) is 28.0 Å². The van der Waals surface area contributed by atoms with E-state index in [-0.39, 0.29) is 21.4 Å². The second-order valence-electron chi connectivity index (χ2n) is 7.35. The predicted molar refractivity (Wildman–Crippen MR) is 134 cm³/mol. The lowest BCUT2D eigenvalue weighted by molar-refractivity contribution is -0.385. The van der Waals surface area contributed by atoms with E-state index in [1.165, 1.54) is 18.2 Å². The number of nitro benzene ring substituents is 1. The number of nitrogens with zero attached hydrogens (tertiary/aromatic N) is 1. The van der Waals surface area contributed by atoms with E-state index in [4.69, 9.17) is 28.2 Å². The van der Waals surface area contributed by atoms with Crippen LogP contribution in [0.3, 0.4) is 0 Å². The van der Waals surface area contributed by atoms with Gasteiger partial charge in [-0.15, -0.1) is 0 Å². The molecule has 1 aromatic heterocycles. The van der Waals surface area contributed by atoms with E-state index in [1.54, 1.807) is 43.3 Å². The van der Waals surface area contributed by atoms with Gasteiger partial charge in [-0.3, -0.25) is 20.2 Å². The number of para-hydroxylation sites is 1. The number of benzene rings is 3. The predicted octanol–water partition coefficient (Wildman–Crippen LogP) is 5.46. The highest BCUT2D eigenvalue weighted by atomic mass is 35.5.